The number of hydrogen-bond donors (Lipinski definition) is 5. The van der Waals surface area contributed by atoms with E-state index in [2.05, 4.69) is 20.6 Å². The van der Waals surface area contributed by atoms with E-state index in [-0.39, 0.29) is 12.5 Å². The van der Waals surface area contributed by atoms with Crippen LogP contribution in [-0.2, 0) is 0 Å². The Labute approximate surface area is 192 Å². The summed E-state index contributed by atoms with van der Waals surface area (Å²) in [5, 5.41) is 38.0. The molecule has 0 aromatic carbocycles. The Hall–Kier alpha value is -2.75. The molecule has 0 saturated heterocycles. The smallest absolute Gasteiger partial charge is 0.224 e. The predicted octanol–water partition coefficient (Wildman–Crippen LogP) is 2.55. The van der Waals surface area contributed by atoms with Gasteiger partial charge in [-0.3, -0.25) is 4.98 Å². The van der Waals surface area contributed by atoms with Gasteiger partial charge in [-0.1, -0.05) is 0 Å². The number of rotatable bonds is 7. The number of anilines is 2. The molecule has 0 bridgehead atoms. The van der Waals surface area contributed by atoms with Crippen molar-refractivity contribution in [1.29, 1.82) is 0 Å². The number of aromatic nitrogens is 3. The molecular weight excluding hydrogens is 422 g/mol. The average Bonchev–Trinajstić information content (AvgIpc) is 3.45. The lowest BCUT2D eigenvalue weighted by atomic mass is 10.1. The van der Waals surface area contributed by atoms with Crippen molar-refractivity contribution in [3.63, 3.8) is 0 Å². The fourth-order valence-electron chi connectivity index (χ4n) is 4.72. The summed E-state index contributed by atoms with van der Waals surface area (Å²) >= 11 is 0. The third-order valence-corrected chi connectivity index (χ3v) is 6.74. The Morgan fingerprint density at radius 2 is 1.82 bits per heavy atom. The van der Waals surface area contributed by atoms with Gasteiger partial charge in [0.15, 0.2) is 5.58 Å². The van der Waals surface area contributed by atoms with Gasteiger partial charge in [-0.05, 0) is 58.1 Å². The van der Waals surface area contributed by atoms with Gasteiger partial charge in [0, 0.05) is 30.1 Å². The fourth-order valence-corrected chi connectivity index (χ4v) is 4.72. The number of nitrogens with zero attached hydrogens (tertiary/aromatic N) is 3. The molecule has 0 radical (unpaired) electrons. The molecular formula is C24H31N5O4. The zero-order chi connectivity index (χ0) is 23.3. The van der Waals surface area contributed by atoms with Gasteiger partial charge in [0.2, 0.25) is 5.95 Å². The maximum Gasteiger partial charge on any atom is 0.224 e. The van der Waals surface area contributed by atoms with Crippen molar-refractivity contribution in [2.24, 2.45) is 11.8 Å². The van der Waals surface area contributed by atoms with Crippen LogP contribution >= 0.6 is 0 Å². The molecule has 2 aliphatic rings. The Balaban J connectivity index is 1.55. The third-order valence-electron chi connectivity index (χ3n) is 6.74. The van der Waals surface area contributed by atoms with Crippen LogP contribution in [0.3, 0.4) is 0 Å². The van der Waals surface area contributed by atoms with Gasteiger partial charge in [0.1, 0.15) is 17.7 Å². The summed E-state index contributed by atoms with van der Waals surface area (Å²) in [6, 6.07) is 3.48. The predicted molar refractivity (Wildman–Crippen MR) is 125 cm³/mol. The summed E-state index contributed by atoms with van der Waals surface area (Å²) in [6.45, 7) is 6.41. The van der Waals surface area contributed by atoms with Gasteiger partial charge in [0.25, 0.3) is 0 Å². The normalized spacial score (nSPS) is 25.0. The second-order valence-electron chi connectivity index (χ2n) is 9.47. The molecule has 2 saturated carbocycles. The van der Waals surface area contributed by atoms with Gasteiger partial charge < -0.3 is 30.4 Å². The molecule has 176 valence electrons. The number of hydrogen-bond acceptors (Lipinski definition) is 9. The van der Waals surface area contributed by atoms with Crippen LogP contribution in [0.2, 0.25) is 0 Å². The zero-order valence-electron chi connectivity index (χ0n) is 19.2. The van der Waals surface area contributed by atoms with Crippen molar-refractivity contribution in [3.05, 3.63) is 29.2 Å². The van der Waals surface area contributed by atoms with Crippen molar-refractivity contribution in [3.8, 4) is 11.3 Å². The van der Waals surface area contributed by atoms with E-state index in [0.29, 0.717) is 41.0 Å². The van der Waals surface area contributed by atoms with Crippen LogP contribution in [0.5, 0.6) is 0 Å². The SMILES string of the molecule is Cc1cc2cc(-c3c(C)nc(NCC4CC4)nc3NC3CC(CO)C(O)C3O)oc2c(C)n1. The Kier molecular flexibility index (Phi) is 5.72. The van der Waals surface area contributed by atoms with E-state index in [0.717, 1.165) is 29.0 Å². The molecule has 33 heavy (non-hydrogen) atoms. The highest BCUT2D eigenvalue weighted by Crippen LogP contribution is 2.38. The first-order valence-electron chi connectivity index (χ1n) is 11.6. The quantitative estimate of drug-likeness (QED) is 0.365. The Bertz CT molecular complexity index is 1180. The summed E-state index contributed by atoms with van der Waals surface area (Å²) in [5.74, 6) is 1.93. The van der Waals surface area contributed by atoms with Gasteiger partial charge in [0.05, 0.1) is 29.1 Å². The van der Waals surface area contributed by atoms with Crippen molar-refractivity contribution in [1.82, 2.24) is 15.0 Å². The van der Waals surface area contributed by atoms with Crippen molar-refractivity contribution in [2.45, 2.75) is 58.3 Å². The Morgan fingerprint density at radius 3 is 2.52 bits per heavy atom. The van der Waals surface area contributed by atoms with E-state index in [1.165, 1.54) is 12.8 Å². The van der Waals surface area contributed by atoms with Crippen LogP contribution in [0.4, 0.5) is 11.8 Å². The van der Waals surface area contributed by atoms with Crippen molar-refractivity contribution in [2.75, 3.05) is 23.8 Å². The maximum atomic E-state index is 10.6. The van der Waals surface area contributed by atoms with E-state index >= 15 is 0 Å². The lowest BCUT2D eigenvalue weighted by Gasteiger charge is -2.21. The first kappa shape index (κ1) is 22.1. The van der Waals surface area contributed by atoms with Crippen LogP contribution in [0.25, 0.3) is 22.3 Å². The number of pyridine rings is 1. The molecule has 4 atom stereocenters. The van der Waals surface area contributed by atoms with E-state index in [1.807, 2.05) is 32.9 Å². The van der Waals surface area contributed by atoms with Crippen LogP contribution in [0.1, 0.15) is 36.3 Å². The highest BCUT2D eigenvalue weighted by atomic mass is 16.3. The molecule has 5 N–H and O–H groups in total. The lowest BCUT2D eigenvalue weighted by molar-refractivity contribution is 0.00446. The van der Waals surface area contributed by atoms with Gasteiger partial charge >= 0.3 is 0 Å². The van der Waals surface area contributed by atoms with Gasteiger partial charge in [-0.2, -0.15) is 4.98 Å². The number of furan rings is 1. The maximum absolute atomic E-state index is 10.6. The molecule has 3 heterocycles. The number of aliphatic hydroxyl groups excluding tert-OH is 3. The van der Waals surface area contributed by atoms with Crippen LogP contribution in [-0.4, -0.2) is 61.7 Å². The van der Waals surface area contributed by atoms with Gasteiger partial charge in [-0.15, -0.1) is 0 Å². The molecule has 0 aliphatic heterocycles. The molecule has 4 unspecified atom stereocenters. The minimum Gasteiger partial charge on any atom is -0.454 e. The summed E-state index contributed by atoms with van der Waals surface area (Å²) in [7, 11) is 0. The number of nitrogens with one attached hydrogen (secondary N) is 2. The summed E-state index contributed by atoms with van der Waals surface area (Å²) in [4.78, 5) is 13.9. The lowest BCUT2D eigenvalue weighted by Crippen LogP contribution is -2.35. The minimum absolute atomic E-state index is 0.185. The van der Waals surface area contributed by atoms with E-state index < -0.39 is 18.2 Å². The standard InChI is InChI=1S/C24H31N5O4/c1-11-6-15-8-18(33-22(15)13(3)26-11)19-12(2)27-24(25-9-14-4-5-14)29-23(19)28-17-7-16(10-30)20(31)21(17)32/h6,8,14,16-17,20-21,30-32H,4-5,7,9-10H2,1-3H3,(H2,25,27,28,29). The summed E-state index contributed by atoms with van der Waals surface area (Å²) in [6.07, 6.45) is 0.854. The largest absolute Gasteiger partial charge is 0.454 e. The molecule has 0 spiro atoms. The first-order chi connectivity index (χ1) is 15.8. The fraction of sp³-hybridized carbons (Fsp3) is 0.542. The monoisotopic (exact) mass is 453 g/mol. The van der Waals surface area contributed by atoms with Crippen LogP contribution in [0, 0.1) is 32.6 Å². The molecule has 0 amide bonds. The highest BCUT2D eigenvalue weighted by molar-refractivity contribution is 5.87. The van der Waals surface area contributed by atoms with Crippen LogP contribution in [0.15, 0.2) is 16.5 Å². The average molecular weight is 454 g/mol. The second-order valence-corrected chi connectivity index (χ2v) is 9.47. The molecule has 2 aliphatic carbocycles. The minimum atomic E-state index is -1.02. The summed E-state index contributed by atoms with van der Waals surface area (Å²) < 4.78 is 6.21. The molecule has 3 aromatic heterocycles. The van der Waals surface area contributed by atoms with Crippen molar-refractivity contribution >= 4 is 22.7 Å². The molecule has 3 aromatic rings. The first-order valence-corrected chi connectivity index (χ1v) is 11.6. The zero-order valence-corrected chi connectivity index (χ0v) is 19.2. The van der Waals surface area contributed by atoms with Crippen molar-refractivity contribution < 1.29 is 19.7 Å². The third kappa shape index (κ3) is 4.28. The molecule has 9 heteroatoms. The topological polar surface area (TPSA) is 137 Å². The number of aryl methyl sites for hydroxylation is 3. The molecule has 5 rings (SSSR count). The molecule has 2 fully saturated rings. The highest BCUT2D eigenvalue weighted by Gasteiger charge is 2.41. The van der Waals surface area contributed by atoms with E-state index in [9.17, 15) is 15.3 Å². The number of aliphatic hydroxyl groups is 3. The van der Waals surface area contributed by atoms with E-state index in [4.69, 9.17) is 9.40 Å². The Morgan fingerprint density at radius 1 is 1.03 bits per heavy atom. The van der Waals surface area contributed by atoms with Crippen LogP contribution < -0.4 is 10.6 Å². The number of fused-ring (bicyclic) bond motifs is 1. The van der Waals surface area contributed by atoms with E-state index in [1.54, 1.807) is 0 Å². The second kappa shape index (κ2) is 8.55. The summed E-state index contributed by atoms with van der Waals surface area (Å²) in [5.41, 5.74) is 3.88. The molecule has 9 nitrogen and oxygen atoms in total. The van der Waals surface area contributed by atoms with Gasteiger partial charge in [-0.25, -0.2) is 4.98 Å².